The first-order valence-electron chi connectivity index (χ1n) is 6.70. The number of aromatic hydroxyl groups is 1. The highest BCUT2D eigenvalue weighted by molar-refractivity contribution is 5.63. The monoisotopic (exact) mass is 288 g/mol. The fourth-order valence-electron chi connectivity index (χ4n) is 2.34. The Morgan fingerprint density at radius 1 is 1.29 bits per heavy atom. The average molecular weight is 288 g/mol. The summed E-state index contributed by atoms with van der Waals surface area (Å²) in [5.74, 6) is 7.39. The maximum atomic E-state index is 9.87. The lowest BCUT2D eigenvalue weighted by molar-refractivity contribution is 0.373. The van der Waals surface area contributed by atoms with Gasteiger partial charge in [-0.3, -0.25) is 0 Å². The Bertz CT molecular complexity index is 656. The summed E-state index contributed by atoms with van der Waals surface area (Å²) < 4.78 is 5.03. The van der Waals surface area contributed by atoms with Gasteiger partial charge < -0.3 is 15.3 Å². The van der Waals surface area contributed by atoms with E-state index in [1.54, 1.807) is 18.2 Å². The van der Waals surface area contributed by atoms with Gasteiger partial charge in [0.25, 0.3) is 0 Å². The van der Waals surface area contributed by atoms with E-state index in [1.807, 2.05) is 6.92 Å². The SMILES string of the molecule is COc1ccc(-c2nc(C)c(C(C)C)c(NN)n2)cc1O. The van der Waals surface area contributed by atoms with Gasteiger partial charge in [-0.25, -0.2) is 15.8 Å². The Morgan fingerprint density at radius 2 is 2.00 bits per heavy atom. The molecule has 6 nitrogen and oxygen atoms in total. The summed E-state index contributed by atoms with van der Waals surface area (Å²) in [6, 6.07) is 5.04. The summed E-state index contributed by atoms with van der Waals surface area (Å²) >= 11 is 0. The van der Waals surface area contributed by atoms with Crippen molar-refractivity contribution in [2.24, 2.45) is 5.84 Å². The molecule has 0 unspecified atom stereocenters. The summed E-state index contributed by atoms with van der Waals surface area (Å²) in [5.41, 5.74) is 5.17. The molecule has 1 aromatic carbocycles. The van der Waals surface area contributed by atoms with Crippen LogP contribution in [0.5, 0.6) is 11.5 Å². The minimum absolute atomic E-state index is 0.0476. The van der Waals surface area contributed by atoms with Gasteiger partial charge in [0.1, 0.15) is 5.82 Å². The van der Waals surface area contributed by atoms with Crippen LogP contribution in [0.4, 0.5) is 5.82 Å². The summed E-state index contributed by atoms with van der Waals surface area (Å²) in [6.07, 6.45) is 0. The van der Waals surface area contributed by atoms with Gasteiger partial charge >= 0.3 is 0 Å². The lowest BCUT2D eigenvalue weighted by Crippen LogP contribution is -2.14. The summed E-state index contributed by atoms with van der Waals surface area (Å²) in [4.78, 5) is 8.95. The Morgan fingerprint density at radius 3 is 2.52 bits per heavy atom. The van der Waals surface area contributed by atoms with Crippen molar-refractivity contribution in [1.82, 2.24) is 9.97 Å². The molecule has 21 heavy (non-hydrogen) atoms. The van der Waals surface area contributed by atoms with Crippen LogP contribution in [0.1, 0.15) is 31.0 Å². The van der Waals surface area contributed by atoms with Crippen molar-refractivity contribution in [3.8, 4) is 22.9 Å². The molecule has 112 valence electrons. The van der Waals surface area contributed by atoms with Crippen LogP contribution in [-0.4, -0.2) is 22.2 Å². The maximum Gasteiger partial charge on any atom is 0.161 e. The summed E-state index contributed by atoms with van der Waals surface area (Å²) in [6.45, 7) is 6.04. The van der Waals surface area contributed by atoms with Crippen LogP contribution in [-0.2, 0) is 0 Å². The Labute approximate surface area is 124 Å². The number of aryl methyl sites for hydroxylation is 1. The van der Waals surface area contributed by atoms with E-state index in [0.717, 1.165) is 11.3 Å². The van der Waals surface area contributed by atoms with Gasteiger partial charge in [0.2, 0.25) is 0 Å². The minimum Gasteiger partial charge on any atom is -0.504 e. The number of anilines is 1. The van der Waals surface area contributed by atoms with Crippen molar-refractivity contribution >= 4 is 5.82 Å². The molecule has 0 aliphatic carbocycles. The normalized spacial score (nSPS) is 10.8. The second-order valence-electron chi connectivity index (χ2n) is 5.08. The number of rotatable bonds is 4. The molecule has 0 amide bonds. The Balaban J connectivity index is 2.55. The van der Waals surface area contributed by atoms with Crippen LogP contribution in [0.3, 0.4) is 0 Å². The first-order chi connectivity index (χ1) is 9.97. The first-order valence-corrected chi connectivity index (χ1v) is 6.70. The van der Waals surface area contributed by atoms with Gasteiger partial charge in [0, 0.05) is 16.8 Å². The molecule has 0 bridgehead atoms. The van der Waals surface area contributed by atoms with Crippen LogP contribution in [0.25, 0.3) is 11.4 Å². The second-order valence-corrected chi connectivity index (χ2v) is 5.08. The third-order valence-electron chi connectivity index (χ3n) is 3.29. The van der Waals surface area contributed by atoms with E-state index in [9.17, 15) is 5.11 Å². The van der Waals surface area contributed by atoms with E-state index in [1.165, 1.54) is 7.11 Å². The zero-order valence-corrected chi connectivity index (χ0v) is 12.6. The fourth-order valence-corrected chi connectivity index (χ4v) is 2.34. The van der Waals surface area contributed by atoms with Gasteiger partial charge in [-0.2, -0.15) is 0 Å². The lowest BCUT2D eigenvalue weighted by Gasteiger charge is -2.15. The summed E-state index contributed by atoms with van der Waals surface area (Å²) in [5, 5.41) is 9.87. The number of nitrogens with two attached hydrogens (primary N) is 1. The molecule has 0 fully saturated rings. The Hall–Kier alpha value is -2.34. The maximum absolute atomic E-state index is 9.87. The third-order valence-corrected chi connectivity index (χ3v) is 3.29. The largest absolute Gasteiger partial charge is 0.504 e. The fraction of sp³-hybridized carbons (Fsp3) is 0.333. The van der Waals surface area contributed by atoms with Crippen molar-refractivity contribution in [2.45, 2.75) is 26.7 Å². The molecule has 1 aromatic heterocycles. The molecule has 0 spiro atoms. The van der Waals surface area contributed by atoms with Gasteiger partial charge in [-0.15, -0.1) is 0 Å². The van der Waals surface area contributed by atoms with Crippen LogP contribution in [0, 0.1) is 6.92 Å². The van der Waals surface area contributed by atoms with Crippen molar-refractivity contribution in [1.29, 1.82) is 0 Å². The smallest absolute Gasteiger partial charge is 0.161 e. The number of aromatic nitrogens is 2. The molecule has 0 saturated carbocycles. The molecule has 1 heterocycles. The predicted molar refractivity (Wildman–Crippen MR) is 82.3 cm³/mol. The number of nitrogens with zero attached hydrogens (tertiary/aromatic N) is 2. The number of hydrogen-bond donors (Lipinski definition) is 3. The number of hydrazine groups is 1. The number of ether oxygens (including phenoxy) is 1. The number of hydrogen-bond acceptors (Lipinski definition) is 6. The highest BCUT2D eigenvalue weighted by Gasteiger charge is 2.15. The van der Waals surface area contributed by atoms with Gasteiger partial charge in [0.05, 0.1) is 7.11 Å². The highest BCUT2D eigenvalue weighted by Crippen LogP contribution is 2.32. The molecule has 0 aliphatic heterocycles. The van der Waals surface area contributed by atoms with E-state index in [2.05, 4.69) is 29.2 Å². The van der Waals surface area contributed by atoms with Gasteiger partial charge in [-0.05, 0) is 31.0 Å². The average Bonchev–Trinajstić information content (AvgIpc) is 2.45. The molecule has 0 radical (unpaired) electrons. The van der Waals surface area contributed by atoms with Gasteiger partial charge in [-0.1, -0.05) is 13.8 Å². The van der Waals surface area contributed by atoms with Crippen LogP contribution >= 0.6 is 0 Å². The first kappa shape index (κ1) is 15.1. The Kier molecular flexibility index (Phi) is 4.28. The van der Waals surface area contributed by atoms with Crippen molar-refractivity contribution in [3.05, 3.63) is 29.5 Å². The van der Waals surface area contributed by atoms with Crippen LogP contribution in [0.15, 0.2) is 18.2 Å². The molecule has 2 rings (SSSR count). The van der Waals surface area contributed by atoms with Crippen molar-refractivity contribution in [2.75, 3.05) is 12.5 Å². The molecule has 0 saturated heterocycles. The van der Waals surface area contributed by atoms with Crippen LogP contribution < -0.4 is 16.0 Å². The standard InChI is InChI=1S/C15H20N4O2/c1-8(2)13-9(3)17-14(18-15(13)19-16)10-5-6-12(21-4)11(20)7-10/h5-8,20H,16H2,1-4H3,(H,17,18,19). The van der Waals surface area contributed by atoms with E-state index < -0.39 is 0 Å². The predicted octanol–water partition coefficient (Wildman–Crippen LogP) is 2.58. The number of phenolic OH excluding ortho intramolecular Hbond substituents is 1. The molecular formula is C15H20N4O2. The zero-order chi connectivity index (χ0) is 15.6. The quantitative estimate of drug-likeness (QED) is 0.591. The molecule has 4 N–H and O–H groups in total. The molecule has 2 aromatic rings. The van der Waals surface area contributed by atoms with E-state index in [0.29, 0.717) is 23.0 Å². The molecule has 0 atom stereocenters. The zero-order valence-electron chi connectivity index (χ0n) is 12.6. The van der Waals surface area contributed by atoms with E-state index >= 15 is 0 Å². The molecular weight excluding hydrogens is 268 g/mol. The molecule has 0 aliphatic rings. The third kappa shape index (κ3) is 2.90. The minimum atomic E-state index is 0.0476. The highest BCUT2D eigenvalue weighted by atomic mass is 16.5. The van der Waals surface area contributed by atoms with E-state index in [4.69, 9.17) is 10.6 Å². The second kappa shape index (κ2) is 5.97. The topological polar surface area (TPSA) is 93.3 Å². The lowest BCUT2D eigenvalue weighted by atomic mass is 10.0. The number of nitrogens with one attached hydrogen (secondary N) is 1. The number of nitrogen functional groups attached to an aromatic ring is 1. The number of phenols is 1. The van der Waals surface area contributed by atoms with Crippen molar-refractivity contribution < 1.29 is 9.84 Å². The van der Waals surface area contributed by atoms with Gasteiger partial charge in [0.15, 0.2) is 17.3 Å². The number of methoxy groups -OCH3 is 1. The van der Waals surface area contributed by atoms with Crippen LogP contribution in [0.2, 0.25) is 0 Å². The summed E-state index contributed by atoms with van der Waals surface area (Å²) in [7, 11) is 1.50. The molecule has 6 heteroatoms. The van der Waals surface area contributed by atoms with Crippen molar-refractivity contribution in [3.63, 3.8) is 0 Å². The van der Waals surface area contributed by atoms with E-state index in [-0.39, 0.29) is 11.7 Å². The number of benzene rings is 1.